The summed E-state index contributed by atoms with van der Waals surface area (Å²) in [5, 5.41) is 6.91. The molecule has 22 heavy (non-hydrogen) atoms. The van der Waals surface area contributed by atoms with Gasteiger partial charge in [-0.25, -0.2) is 0 Å². The molecular weight excluding hydrogens is 304 g/mol. The summed E-state index contributed by atoms with van der Waals surface area (Å²) < 4.78 is 11.0. The van der Waals surface area contributed by atoms with Gasteiger partial charge in [0.25, 0.3) is 0 Å². The molecule has 6 heteroatoms. The van der Waals surface area contributed by atoms with Crippen LogP contribution in [0.25, 0.3) is 0 Å². The number of carbonyl (C=O) groups excluding carboxylic acids is 1. The number of benzene rings is 1. The van der Waals surface area contributed by atoms with Crippen molar-refractivity contribution in [2.45, 2.75) is 25.8 Å². The first-order chi connectivity index (χ1) is 10.6. The lowest BCUT2D eigenvalue weighted by Crippen LogP contribution is -2.50. The first-order valence-corrected chi connectivity index (χ1v) is 8.09. The van der Waals surface area contributed by atoms with Crippen LogP contribution in [0, 0.1) is 5.92 Å². The van der Waals surface area contributed by atoms with Crippen molar-refractivity contribution in [3.05, 3.63) is 22.7 Å². The predicted molar refractivity (Wildman–Crippen MR) is 84.7 cm³/mol. The van der Waals surface area contributed by atoms with Crippen LogP contribution in [0.3, 0.4) is 0 Å². The molecule has 2 heterocycles. The fraction of sp³-hybridized carbons (Fsp3) is 0.562. The molecule has 1 saturated heterocycles. The van der Waals surface area contributed by atoms with Gasteiger partial charge in [-0.2, -0.15) is 0 Å². The molecule has 1 fully saturated rings. The second kappa shape index (κ2) is 6.75. The second-order valence-corrected chi connectivity index (χ2v) is 6.33. The van der Waals surface area contributed by atoms with Crippen LogP contribution in [-0.2, 0) is 11.2 Å². The Kier molecular flexibility index (Phi) is 4.74. The molecule has 2 atom stereocenters. The Balaban J connectivity index is 1.65. The third-order valence-corrected chi connectivity index (χ3v) is 4.48. The third-order valence-electron chi connectivity index (χ3n) is 4.20. The van der Waals surface area contributed by atoms with Crippen molar-refractivity contribution in [3.8, 4) is 11.5 Å². The first kappa shape index (κ1) is 15.4. The standard InChI is InChI=1S/C16H21ClN2O3/c1-10-2-3-18-9-13(10)19-15(20)8-11-6-12(17)16-14(7-11)21-4-5-22-16/h6-7,10,13,18H,2-5,8-9H2,1H3,(H,19,20). The van der Waals surface area contributed by atoms with Crippen molar-refractivity contribution in [3.63, 3.8) is 0 Å². The Bertz CT molecular complexity index is 565. The molecule has 0 aliphatic carbocycles. The number of nitrogens with one attached hydrogen (secondary N) is 2. The van der Waals surface area contributed by atoms with E-state index in [9.17, 15) is 4.79 Å². The van der Waals surface area contributed by atoms with Crippen LogP contribution >= 0.6 is 11.6 Å². The summed E-state index contributed by atoms with van der Waals surface area (Å²) in [4.78, 5) is 12.3. The molecule has 0 bridgehead atoms. The van der Waals surface area contributed by atoms with Gasteiger partial charge in [0.15, 0.2) is 11.5 Å². The van der Waals surface area contributed by atoms with Crippen LogP contribution in [0.1, 0.15) is 18.9 Å². The molecule has 3 rings (SSSR count). The first-order valence-electron chi connectivity index (χ1n) is 7.71. The van der Waals surface area contributed by atoms with Gasteiger partial charge in [-0.1, -0.05) is 18.5 Å². The van der Waals surface area contributed by atoms with Gasteiger partial charge in [-0.15, -0.1) is 0 Å². The summed E-state index contributed by atoms with van der Waals surface area (Å²) in [7, 11) is 0. The molecule has 2 N–H and O–H groups in total. The average Bonchev–Trinajstić information content (AvgIpc) is 2.49. The largest absolute Gasteiger partial charge is 0.486 e. The second-order valence-electron chi connectivity index (χ2n) is 5.92. The van der Waals surface area contributed by atoms with E-state index in [1.165, 1.54) is 0 Å². The fourth-order valence-corrected chi connectivity index (χ4v) is 3.18. The smallest absolute Gasteiger partial charge is 0.224 e. The van der Waals surface area contributed by atoms with E-state index in [4.69, 9.17) is 21.1 Å². The van der Waals surface area contributed by atoms with Crippen molar-refractivity contribution >= 4 is 17.5 Å². The van der Waals surface area contributed by atoms with E-state index in [0.717, 1.165) is 25.1 Å². The van der Waals surface area contributed by atoms with Gasteiger partial charge in [0.1, 0.15) is 13.2 Å². The van der Waals surface area contributed by atoms with E-state index >= 15 is 0 Å². The number of carbonyl (C=O) groups is 1. The van der Waals surface area contributed by atoms with Gasteiger partial charge >= 0.3 is 0 Å². The molecular formula is C16H21ClN2O3. The third kappa shape index (κ3) is 3.47. The number of fused-ring (bicyclic) bond motifs is 1. The molecule has 5 nitrogen and oxygen atoms in total. The van der Waals surface area contributed by atoms with Gasteiger partial charge in [-0.05, 0) is 36.6 Å². The lowest BCUT2D eigenvalue weighted by atomic mass is 9.94. The highest BCUT2D eigenvalue weighted by atomic mass is 35.5. The summed E-state index contributed by atoms with van der Waals surface area (Å²) in [6.45, 7) is 5.02. The molecule has 0 aromatic heterocycles. The zero-order valence-corrected chi connectivity index (χ0v) is 13.4. The van der Waals surface area contributed by atoms with Crippen molar-refractivity contribution in [1.82, 2.24) is 10.6 Å². The van der Waals surface area contributed by atoms with E-state index in [1.54, 1.807) is 6.07 Å². The summed E-state index contributed by atoms with van der Waals surface area (Å²) in [5.74, 6) is 1.69. The quantitative estimate of drug-likeness (QED) is 0.889. The van der Waals surface area contributed by atoms with Crippen molar-refractivity contribution in [2.24, 2.45) is 5.92 Å². The number of rotatable bonds is 3. The van der Waals surface area contributed by atoms with Gasteiger partial charge in [-0.3, -0.25) is 4.79 Å². The van der Waals surface area contributed by atoms with E-state index in [2.05, 4.69) is 17.6 Å². The number of ether oxygens (including phenoxy) is 2. The lowest BCUT2D eigenvalue weighted by Gasteiger charge is -2.30. The van der Waals surface area contributed by atoms with Crippen LogP contribution in [0.2, 0.25) is 5.02 Å². The van der Waals surface area contributed by atoms with Crippen LogP contribution < -0.4 is 20.1 Å². The Morgan fingerprint density at radius 3 is 3.05 bits per heavy atom. The molecule has 1 aromatic rings. The topological polar surface area (TPSA) is 59.6 Å². The van der Waals surface area contributed by atoms with Gasteiger partial charge in [0, 0.05) is 12.6 Å². The monoisotopic (exact) mass is 324 g/mol. The average molecular weight is 325 g/mol. The van der Waals surface area contributed by atoms with Gasteiger partial charge in [0.05, 0.1) is 11.4 Å². The van der Waals surface area contributed by atoms with Crippen molar-refractivity contribution in [2.75, 3.05) is 26.3 Å². The molecule has 0 saturated carbocycles. The molecule has 0 spiro atoms. The van der Waals surface area contributed by atoms with E-state index in [0.29, 0.717) is 42.1 Å². The maximum atomic E-state index is 12.3. The summed E-state index contributed by atoms with van der Waals surface area (Å²) in [6, 6.07) is 3.80. The van der Waals surface area contributed by atoms with Crippen molar-refractivity contribution < 1.29 is 14.3 Å². The zero-order valence-electron chi connectivity index (χ0n) is 12.7. The molecule has 2 aliphatic rings. The highest BCUT2D eigenvalue weighted by Gasteiger charge is 2.23. The number of piperidine rings is 1. The minimum Gasteiger partial charge on any atom is -0.486 e. The molecule has 2 aliphatic heterocycles. The Morgan fingerprint density at radius 1 is 1.41 bits per heavy atom. The highest BCUT2D eigenvalue weighted by molar-refractivity contribution is 6.32. The maximum Gasteiger partial charge on any atom is 0.224 e. The van der Waals surface area contributed by atoms with Gasteiger partial charge in [0.2, 0.25) is 5.91 Å². The number of hydrogen-bond acceptors (Lipinski definition) is 4. The van der Waals surface area contributed by atoms with E-state index < -0.39 is 0 Å². The van der Waals surface area contributed by atoms with E-state index in [1.807, 2.05) is 6.07 Å². The Labute approximate surface area is 135 Å². The van der Waals surface area contributed by atoms with Crippen molar-refractivity contribution in [1.29, 1.82) is 0 Å². The van der Waals surface area contributed by atoms with Crippen LogP contribution in [0.15, 0.2) is 12.1 Å². The molecule has 1 amide bonds. The van der Waals surface area contributed by atoms with Crippen LogP contribution in [-0.4, -0.2) is 38.3 Å². The lowest BCUT2D eigenvalue weighted by molar-refractivity contribution is -0.121. The number of amides is 1. The minimum absolute atomic E-state index is 0.00768. The SMILES string of the molecule is CC1CCNCC1NC(=O)Cc1cc(Cl)c2c(c1)OCCO2. The normalized spacial score (nSPS) is 23.9. The number of halogens is 1. The summed E-state index contributed by atoms with van der Waals surface area (Å²) in [5.41, 5.74) is 0.836. The van der Waals surface area contributed by atoms with E-state index in [-0.39, 0.29) is 11.9 Å². The molecule has 0 radical (unpaired) electrons. The Morgan fingerprint density at radius 2 is 2.23 bits per heavy atom. The fourth-order valence-electron chi connectivity index (χ4n) is 2.89. The van der Waals surface area contributed by atoms with Crippen LogP contribution in [0.4, 0.5) is 0 Å². The molecule has 120 valence electrons. The summed E-state index contributed by atoms with van der Waals surface area (Å²) >= 11 is 6.20. The van der Waals surface area contributed by atoms with Gasteiger partial charge < -0.3 is 20.1 Å². The predicted octanol–water partition coefficient (Wildman–Crippen LogP) is 1.77. The maximum absolute atomic E-state index is 12.3. The highest BCUT2D eigenvalue weighted by Crippen LogP contribution is 2.38. The number of hydrogen-bond donors (Lipinski definition) is 2. The zero-order chi connectivity index (χ0) is 15.5. The minimum atomic E-state index is 0.00768. The molecule has 1 aromatic carbocycles. The summed E-state index contributed by atoms with van der Waals surface area (Å²) in [6.07, 6.45) is 1.38. The molecule has 2 unspecified atom stereocenters. The van der Waals surface area contributed by atoms with Crippen LogP contribution in [0.5, 0.6) is 11.5 Å². The Hall–Kier alpha value is -1.46.